The number of benzene rings is 1. The minimum atomic E-state index is -3.75. The van der Waals surface area contributed by atoms with Crippen LogP contribution in [0.2, 0.25) is 0 Å². The van der Waals surface area contributed by atoms with Crippen LogP contribution in [0.5, 0.6) is 5.75 Å². The molecule has 1 aromatic heterocycles. The van der Waals surface area contributed by atoms with E-state index >= 15 is 0 Å². The quantitative estimate of drug-likeness (QED) is 0.555. The molecule has 0 unspecified atom stereocenters. The highest BCUT2D eigenvalue weighted by Crippen LogP contribution is 2.36. The molecule has 1 saturated heterocycles. The average Bonchev–Trinajstić information content (AvgIpc) is 3.29. The van der Waals surface area contributed by atoms with E-state index in [0.717, 1.165) is 11.0 Å². The van der Waals surface area contributed by atoms with Gasteiger partial charge in [-0.25, -0.2) is 18.5 Å². The summed E-state index contributed by atoms with van der Waals surface area (Å²) in [5, 5.41) is 4.53. The minimum Gasteiger partial charge on any atom is -0.493 e. The van der Waals surface area contributed by atoms with Gasteiger partial charge in [0.2, 0.25) is 10.0 Å². The Kier molecular flexibility index (Phi) is 6.96. The molecule has 11 heteroatoms. The van der Waals surface area contributed by atoms with Crippen molar-refractivity contribution in [3.8, 4) is 5.75 Å². The summed E-state index contributed by atoms with van der Waals surface area (Å²) in [5.41, 5.74) is 0.515. The Morgan fingerprint density at radius 1 is 1.12 bits per heavy atom. The summed E-state index contributed by atoms with van der Waals surface area (Å²) in [4.78, 5) is 25.6. The summed E-state index contributed by atoms with van der Waals surface area (Å²) in [6.07, 6.45) is 3.12. The second-order valence-electron chi connectivity index (χ2n) is 8.20. The van der Waals surface area contributed by atoms with E-state index in [1.807, 2.05) is 13.8 Å². The fraction of sp³-hybridized carbons (Fsp3) is 0.478. The molecule has 2 aliphatic heterocycles. The maximum absolute atomic E-state index is 13.3. The number of aromatic nitrogens is 2. The zero-order valence-corrected chi connectivity index (χ0v) is 20.4. The molecule has 1 fully saturated rings. The van der Waals surface area contributed by atoms with Crippen molar-refractivity contribution in [1.29, 1.82) is 0 Å². The van der Waals surface area contributed by atoms with E-state index < -0.39 is 21.3 Å². The molecule has 1 radical (unpaired) electrons. The first-order valence-corrected chi connectivity index (χ1v) is 12.9. The van der Waals surface area contributed by atoms with Crippen molar-refractivity contribution in [2.24, 2.45) is 7.05 Å². The van der Waals surface area contributed by atoms with Crippen molar-refractivity contribution >= 4 is 27.5 Å². The number of fused-ring (bicyclic) bond motifs is 1. The summed E-state index contributed by atoms with van der Waals surface area (Å²) in [6.45, 7) is 6.03. The SMILES string of the molecule is CCCOc1ccc(S(=O)(=O)N2CCOCC2)cc1C1=Cc2c(c(=O)n(C)c(=O)n2CCC)[N]1. The normalized spacial score (nSPS) is 16.1. The first kappa shape index (κ1) is 24.2. The lowest BCUT2D eigenvalue weighted by Gasteiger charge is -2.26. The van der Waals surface area contributed by atoms with Gasteiger partial charge in [0.05, 0.1) is 36.1 Å². The lowest BCUT2D eigenvalue weighted by Crippen LogP contribution is -2.40. The molecule has 4 rings (SSSR count). The zero-order valence-electron chi connectivity index (χ0n) is 19.6. The molecule has 0 atom stereocenters. The molecule has 0 amide bonds. The summed E-state index contributed by atoms with van der Waals surface area (Å²) < 4.78 is 41.7. The topological polar surface area (TPSA) is 114 Å². The molecule has 0 N–H and O–H groups in total. The molecule has 183 valence electrons. The fourth-order valence-corrected chi connectivity index (χ4v) is 5.46. The largest absolute Gasteiger partial charge is 0.493 e. The van der Waals surface area contributed by atoms with Crippen molar-refractivity contribution in [2.45, 2.75) is 38.1 Å². The summed E-state index contributed by atoms with van der Waals surface area (Å²) in [5.74, 6) is 0.465. The van der Waals surface area contributed by atoms with Crippen molar-refractivity contribution in [1.82, 2.24) is 18.8 Å². The Morgan fingerprint density at radius 2 is 1.85 bits per heavy atom. The Labute approximate surface area is 198 Å². The molecule has 3 heterocycles. The molecule has 1 aromatic carbocycles. The van der Waals surface area contributed by atoms with Crippen LogP contribution in [0.15, 0.2) is 32.7 Å². The van der Waals surface area contributed by atoms with Gasteiger partial charge in [-0.2, -0.15) is 4.31 Å². The van der Waals surface area contributed by atoms with E-state index in [0.29, 0.717) is 55.5 Å². The highest BCUT2D eigenvalue weighted by molar-refractivity contribution is 7.89. The summed E-state index contributed by atoms with van der Waals surface area (Å²) >= 11 is 0. The predicted octanol–water partition coefficient (Wildman–Crippen LogP) is 1.51. The highest BCUT2D eigenvalue weighted by Gasteiger charge is 2.30. The second-order valence-corrected chi connectivity index (χ2v) is 10.1. The Hall–Kier alpha value is -2.89. The average molecular weight is 490 g/mol. The molecule has 0 saturated carbocycles. The number of ether oxygens (including phenoxy) is 2. The van der Waals surface area contributed by atoms with E-state index in [1.165, 1.54) is 28.1 Å². The van der Waals surface area contributed by atoms with E-state index in [-0.39, 0.29) is 23.7 Å². The molecule has 10 nitrogen and oxygen atoms in total. The van der Waals surface area contributed by atoms with Crippen LogP contribution in [-0.4, -0.2) is 54.8 Å². The predicted molar refractivity (Wildman–Crippen MR) is 128 cm³/mol. The van der Waals surface area contributed by atoms with Gasteiger partial charge in [-0.05, 0) is 37.1 Å². The monoisotopic (exact) mass is 489 g/mol. The van der Waals surface area contributed by atoms with Crippen LogP contribution in [0.4, 0.5) is 5.69 Å². The van der Waals surface area contributed by atoms with Gasteiger partial charge >= 0.3 is 5.69 Å². The molecular formula is C23H29N4O6S. The number of nitrogens with zero attached hydrogens (tertiary/aromatic N) is 4. The van der Waals surface area contributed by atoms with Crippen LogP contribution in [-0.2, 0) is 28.4 Å². The van der Waals surface area contributed by atoms with Crippen LogP contribution in [0, 0.1) is 0 Å². The fourth-order valence-electron chi connectivity index (χ4n) is 4.02. The first-order valence-electron chi connectivity index (χ1n) is 11.4. The highest BCUT2D eigenvalue weighted by atomic mass is 32.2. The lowest BCUT2D eigenvalue weighted by atomic mass is 10.1. The summed E-state index contributed by atoms with van der Waals surface area (Å²) in [7, 11) is -2.32. The van der Waals surface area contributed by atoms with Crippen LogP contribution in [0.1, 0.15) is 37.9 Å². The number of sulfonamides is 1. The van der Waals surface area contributed by atoms with Crippen LogP contribution >= 0.6 is 0 Å². The molecule has 0 bridgehead atoms. The molecule has 2 aliphatic rings. The van der Waals surface area contributed by atoms with Crippen LogP contribution in [0.3, 0.4) is 0 Å². The van der Waals surface area contributed by atoms with Gasteiger partial charge in [-0.15, -0.1) is 0 Å². The zero-order chi connectivity index (χ0) is 24.5. The second kappa shape index (κ2) is 9.77. The van der Waals surface area contributed by atoms with Crippen LogP contribution < -0.4 is 21.3 Å². The van der Waals surface area contributed by atoms with E-state index in [9.17, 15) is 18.0 Å². The Bertz CT molecular complexity index is 1340. The third-order valence-corrected chi connectivity index (χ3v) is 7.70. The van der Waals surface area contributed by atoms with Gasteiger partial charge in [0.25, 0.3) is 5.56 Å². The van der Waals surface area contributed by atoms with Gasteiger partial charge in [0.1, 0.15) is 5.75 Å². The molecule has 0 aliphatic carbocycles. The van der Waals surface area contributed by atoms with Crippen molar-refractivity contribution < 1.29 is 17.9 Å². The number of morpholine rings is 1. The van der Waals surface area contributed by atoms with Crippen LogP contribution in [0.25, 0.3) is 11.8 Å². The number of hydrogen-bond acceptors (Lipinski definition) is 6. The number of rotatable bonds is 8. The Balaban J connectivity index is 1.83. The third-order valence-electron chi connectivity index (χ3n) is 5.81. The van der Waals surface area contributed by atoms with Gasteiger partial charge in [0.15, 0.2) is 5.69 Å². The van der Waals surface area contributed by atoms with Gasteiger partial charge in [-0.3, -0.25) is 13.9 Å². The lowest BCUT2D eigenvalue weighted by molar-refractivity contribution is 0.0730. The Morgan fingerprint density at radius 3 is 2.53 bits per heavy atom. The first-order chi connectivity index (χ1) is 16.3. The molecule has 0 spiro atoms. The van der Waals surface area contributed by atoms with E-state index in [2.05, 4.69) is 5.32 Å². The van der Waals surface area contributed by atoms with Crippen molar-refractivity contribution in [3.05, 3.63) is 50.3 Å². The molecule has 34 heavy (non-hydrogen) atoms. The number of hydrogen-bond donors (Lipinski definition) is 0. The maximum Gasteiger partial charge on any atom is 0.331 e. The third kappa shape index (κ3) is 4.30. The van der Waals surface area contributed by atoms with Gasteiger partial charge in [-0.1, -0.05) is 13.8 Å². The van der Waals surface area contributed by atoms with E-state index in [4.69, 9.17) is 9.47 Å². The maximum atomic E-state index is 13.3. The standard InChI is InChI=1S/C23H29N4O6S/c1-4-8-27-19-15-18(24-21(19)22(28)25(3)23(27)29)17-14-16(6-7-20(17)33-11-5-2)34(30,31)26-9-12-32-13-10-26/h6-7,14-15H,4-5,8-13H2,1-3H3. The van der Waals surface area contributed by atoms with E-state index in [1.54, 1.807) is 12.1 Å². The molecular weight excluding hydrogens is 460 g/mol. The molecule has 2 aromatic rings. The summed E-state index contributed by atoms with van der Waals surface area (Å²) in [6, 6.07) is 4.67. The van der Waals surface area contributed by atoms with Crippen molar-refractivity contribution in [2.75, 3.05) is 32.9 Å². The smallest absolute Gasteiger partial charge is 0.331 e. The van der Waals surface area contributed by atoms with Gasteiger partial charge < -0.3 is 9.47 Å². The van der Waals surface area contributed by atoms with Gasteiger partial charge in [0, 0.05) is 32.2 Å². The minimum absolute atomic E-state index is 0.110. The van der Waals surface area contributed by atoms with Crippen molar-refractivity contribution in [3.63, 3.8) is 0 Å².